The van der Waals surface area contributed by atoms with Gasteiger partial charge in [-0.1, -0.05) is 12.5 Å². The van der Waals surface area contributed by atoms with Crippen LogP contribution in [0.1, 0.15) is 39.0 Å². The highest BCUT2D eigenvalue weighted by Gasteiger charge is 2.46. The zero-order valence-corrected chi connectivity index (χ0v) is 8.92. The Bertz CT molecular complexity index is 275. The van der Waals surface area contributed by atoms with Crippen LogP contribution in [0.25, 0.3) is 0 Å². The minimum atomic E-state index is 0.292. The van der Waals surface area contributed by atoms with Crippen LogP contribution in [0.2, 0.25) is 0 Å². The molecular formula is C12H18N2. The van der Waals surface area contributed by atoms with Gasteiger partial charge < -0.3 is 0 Å². The third-order valence-electron chi connectivity index (χ3n) is 3.41. The second-order valence-electron chi connectivity index (χ2n) is 4.59. The van der Waals surface area contributed by atoms with Crippen molar-refractivity contribution < 1.29 is 0 Å². The third-order valence-corrected chi connectivity index (χ3v) is 3.41. The fourth-order valence-corrected chi connectivity index (χ4v) is 2.45. The monoisotopic (exact) mass is 190 g/mol. The minimum Gasteiger partial charge on any atom is -0.294 e. The normalized spacial score (nSPS) is 27.0. The summed E-state index contributed by atoms with van der Waals surface area (Å²) in [7, 11) is 0. The number of rotatable bonds is 2. The molecule has 0 atom stereocenters. The van der Waals surface area contributed by atoms with E-state index in [9.17, 15) is 0 Å². The van der Waals surface area contributed by atoms with Crippen LogP contribution in [0, 0.1) is 11.3 Å². The zero-order valence-electron chi connectivity index (χ0n) is 8.92. The molecule has 2 aliphatic rings. The van der Waals surface area contributed by atoms with Crippen molar-refractivity contribution in [3.63, 3.8) is 0 Å². The van der Waals surface area contributed by atoms with Crippen LogP contribution in [-0.2, 0) is 0 Å². The predicted octanol–water partition coefficient (Wildman–Crippen LogP) is 2.47. The first-order valence-corrected chi connectivity index (χ1v) is 5.61. The van der Waals surface area contributed by atoms with Gasteiger partial charge in [0.25, 0.3) is 0 Å². The molecule has 0 spiro atoms. The minimum absolute atomic E-state index is 0.292. The van der Waals surface area contributed by atoms with Gasteiger partial charge in [-0.25, -0.2) is 0 Å². The van der Waals surface area contributed by atoms with Crippen molar-refractivity contribution in [2.45, 2.75) is 44.6 Å². The highest BCUT2D eigenvalue weighted by Crippen LogP contribution is 2.44. The number of likely N-dealkylation sites (tertiary alicyclic amines) is 1. The van der Waals surface area contributed by atoms with Crippen molar-refractivity contribution in [2.75, 3.05) is 13.1 Å². The Labute approximate surface area is 86.2 Å². The lowest BCUT2D eigenvalue weighted by Crippen LogP contribution is -2.40. The fourth-order valence-electron chi connectivity index (χ4n) is 2.45. The Morgan fingerprint density at radius 3 is 2.43 bits per heavy atom. The molecule has 1 aliphatic carbocycles. The van der Waals surface area contributed by atoms with E-state index < -0.39 is 0 Å². The topological polar surface area (TPSA) is 27.0 Å². The van der Waals surface area contributed by atoms with Crippen molar-refractivity contribution in [3.05, 3.63) is 11.6 Å². The average molecular weight is 190 g/mol. The van der Waals surface area contributed by atoms with Crippen LogP contribution in [-0.4, -0.2) is 23.5 Å². The molecule has 2 fully saturated rings. The largest absolute Gasteiger partial charge is 0.294 e. The number of nitrogens with zero attached hydrogens (tertiary/aromatic N) is 2. The van der Waals surface area contributed by atoms with Crippen LogP contribution in [0.5, 0.6) is 0 Å². The van der Waals surface area contributed by atoms with Crippen LogP contribution in [0.15, 0.2) is 11.6 Å². The SMILES string of the molecule is C/C(C#N)=C/C1(N2CCCCC2)CC1. The first-order valence-electron chi connectivity index (χ1n) is 5.61. The van der Waals surface area contributed by atoms with E-state index in [4.69, 9.17) is 5.26 Å². The lowest BCUT2D eigenvalue weighted by molar-refractivity contribution is 0.176. The Hall–Kier alpha value is -0.810. The van der Waals surface area contributed by atoms with Gasteiger partial charge in [0.2, 0.25) is 0 Å². The summed E-state index contributed by atoms with van der Waals surface area (Å²) < 4.78 is 0. The van der Waals surface area contributed by atoms with Crippen molar-refractivity contribution in [1.82, 2.24) is 4.90 Å². The van der Waals surface area contributed by atoms with Gasteiger partial charge in [-0.15, -0.1) is 0 Å². The van der Waals surface area contributed by atoms with Crippen LogP contribution < -0.4 is 0 Å². The first kappa shape index (κ1) is 9.73. The van der Waals surface area contributed by atoms with E-state index in [0.717, 1.165) is 5.57 Å². The molecule has 0 unspecified atom stereocenters. The summed E-state index contributed by atoms with van der Waals surface area (Å²) in [6.07, 6.45) is 8.76. The number of hydrogen-bond donors (Lipinski definition) is 0. The molecule has 2 nitrogen and oxygen atoms in total. The van der Waals surface area contributed by atoms with Gasteiger partial charge in [-0.05, 0) is 45.7 Å². The summed E-state index contributed by atoms with van der Waals surface area (Å²) in [5.41, 5.74) is 1.17. The molecule has 14 heavy (non-hydrogen) atoms. The molecule has 0 aromatic rings. The Balaban J connectivity index is 2.05. The van der Waals surface area contributed by atoms with Crippen LogP contribution in [0.4, 0.5) is 0 Å². The number of nitriles is 1. The van der Waals surface area contributed by atoms with Gasteiger partial charge in [0.1, 0.15) is 0 Å². The molecule has 0 amide bonds. The summed E-state index contributed by atoms with van der Waals surface area (Å²) in [6, 6.07) is 2.23. The van der Waals surface area contributed by atoms with Crippen LogP contribution >= 0.6 is 0 Å². The molecule has 1 saturated carbocycles. The highest BCUT2D eigenvalue weighted by molar-refractivity contribution is 5.29. The number of piperidine rings is 1. The molecule has 1 aliphatic heterocycles. The summed E-state index contributed by atoms with van der Waals surface area (Å²) in [4.78, 5) is 2.58. The van der Waals surface area contributed by atoms with Gasteiger partial charge in [0.15, 0.2) is 0 Å². The zero-order chi connectivity index (χ0) is 10.0. The maximum absolute atomic E-state index is 8.79. The number of allylic oxidation sites excluding steroid dienone is 1. The Morgan fingerprint density at radius 2 is 1.93 bits per heavy atom. The van der Waals surface area contributed by atoms with Gasteiger partial charge in [0.05, 0.1) is 6.07 Å². The molecule has 0 radical (unpaired) electrons. The molecule has 76 valence electrons. The van der Waals surface area contributed by atoms with E-state index in [-0.39, 0.29) is 0 Å². The molecule has 0 aromatic heterocycles. The molecular weight excluding hydrogens is 172 g/mol. The smallest absolute Gasteiger partial charge is 0.0941 e. The molecule has 2 heteroatoms. The van der Waals surface area contributed by atoms with E-state index in [1.807, 2.05) is 6.92 Å². The van der Waals surface area contributed by atoms with Crippen molar-refractivity contribution in [1.29, 1.82) is 5.26 Å². The maximum atomic E-state index is 8.79. The average Bonchev–Trinajstić information content (AvgIpc) is 3.00. The van der Waals surface area contributed by atoms with E-state index in [0.29, 0.717) is 5.54 Å². The lowest BCUT2D eigenvalue weighted by atomic mass is 10.1. The van der Waals surface area contributed by atoms with Crippen molar-refractivity contribution in [2.24, 2.45) is 0 Å². The summed E-state index contributed by atoms with van der Waals surface area (Å²) >= 11 is 0. The van der Waals surface area contributed by atoms with Crippen LogP contribution in [0.3, 0.4) is 0 Å². The van der Waals surface area contributed by atoms with Gasteiger partial charge in [-0.3, -0.25) is 4.90 Å². The quantitative estimate of drug-likeness (QED) is 0.625. The van der Waals surface area contributed by atoms with Gasteiger partial charge in [0, 0.05) is 11.1 Å². The highest BCUT2D eigenvalue weighted by atomic mass is 15.2. The Kier molecular flexibility index (Phi) is 2.60. The van der Waals surface area contributed by atoms with E-state index >= 15 is 0 Å². The van der Waals surface area contributed by atoms with Gasteiger partial charge in [-0.2, -0.15) is 5.26 Å². The van der Waals surface area contributed by atoms with Gasteiger partial charge >= 0.3 is 0 Å². The molecule has 1 saturated heterocycles. The van der Waals surface area contributed by atoms with E-state index in [2.05, 4.69) is 17.0 Å². The lowest BCUT2D eigenvalue weighted by Gasteiger charge is -2.33. The third kappa shape index (κ3) is 1.83. The molecule has 0 aromatic carbocycles. The first-order chi connectivity index (χ1) is 6.77. The predicted molar refractivity (Wildman–Crippen MR) is 56.8 cm³/mol. The maximum Gasteiger partial charge on any atom is 0.0941 e. The summed E-state index contributed by atoms with van der Waals surface area (Å²) in [6.45, 7) is 4.38. The molecule has 0 bridgehead atoms. The fraction of sp³-hybridized carbons (Fsp3) is 0.750. The summed E-state index contributed by atoms with van der Waals surface area (Å²) in [5, 5.41) is 8.79. The number of hydrogen-bond acceptors (Lipinski definition) is 2. The van der Waals surface area contributed by atoms with Crippen molar-refractivity contribution >= 4 is 0 Å². The summed E-state index contributed by atoms with van der Waals surface area (Å²) in [5.74, 6) is 0. The molecule has 0 N–H and O–H groups in total. The second-order valence-corrected chi connectivity index (χ2v) is 4.59. The molecule has 1 heterocycles. The standard InChI is InChI=1S/C12H18N2/c1-11(10-13)9-12(5-6-12)14-7-3-2-4-8-14/h9H,2-8H2,1H3/b11-9-. The van der Waals surface area contributed by atoms with Crippen molar-refractivity contribution in [3.8, 4) is 6.07 Å². The Morgan fingerprint density at radius 1 is 1.29 bits per heavy atom. The van der Waals surface area contributed by atoms with E-state index in [1.54, 1.807) is 0 Å². The molecule has 2 rings (SSSR count). The second kappa shape index (κ2) is 3.74. The van der Waals surface area contributed by atoms with E-state index in [1.165, 1.54) is 45.2 Å².